The summed E-state index contributed by atoms with van der Waals surface area (Å²) in [5.41, 5.74) is -0.0351. The summed E-state index contributed by atoms with van der Waals surface area (Å²) in [6.07, 6.45) is -3.62. The molecule has 44 heavy (non-hydrogen) atoms. The number of hydrogen-bond acceptors (Lipinski definition) is 6. The molecule has 0 spiro atoms. The van der Waals surface area contributed by atoms with Gasteiger partial charge in [-0.2, -0.15) is 13.2 Å². The Kier molecular flexibility index (Phi) is 8.35. The number of aryl methyl sites for hydroxylation is 1. The standard InChI is InChI=1S/C31H39ClF3N5O4/c1-17-36-14-24(38(17)5)30(43,22-16-40(28(41)42)26(22)29(2,3)4)19-7-8-23-20(13-19)25(32)21(27(37-23)44-6)15-39-11-9-18(10-12-39)31(33,34)35/h7-8,13-14,18,22,26,43H,9-12,15-16H2,1-6H3,(H,41,42). The van der Waals surface area contributed by atoms with Gasteiger partial charge >= 0.3 is 12.3 Å². The van der Waals surface area contributed by atoms with Crippen molar-refractivity contribution in [2.45, 2.75) is 64.9 Å². The predicted octanol–water partition coefficient (Wildman–Crippen LogP) is 5.97. The number of aliphatic hydroxyl groups is 1. The topological polar surface area (TPSA) is 104 Å². The summed E-state index contributed by atoms with van der Waals surface area (Å²) in [4.78, 5) is 24.5. The number of pyridine rings is 1. The number of likely N-dealkylation sites (tertiary alicyclic amines) is 2. The molecule has 3 aromatic rings. The number of nitrogens with zero attached hydrogens (tertiary/aromatic N) is 5. The molecule has 1 aromatic carbocycles. The second-order valence-electron chi connectivity index (χ2n) is 13.1. The van der Waals surface area contributed by atoms with Crippen molar-refractivity contribution in [3.63, 3.8) is 0 Å². The van der Waals surface area contributed by atoms with Crippen molar-refractivity contribution in [3.8, 4) is 5.88 Å². The van der Waals surface area contributed by atoms with E-state index in [-0.39, 0.29) is 44.9 Å². The number of methoxy groups -OCH3 is 1. The molecule has 0 saturated carbocycles. The largest absolute Gasteiger partial charge is 0.481 e. The highest BCUT2D eigenvalue weighted by atomic mass is 35.5. The fourth-order valence-electron chi connectivity index (χ4n) is 6.97. The first-order valence-corrected chi connectivity index (χ1v) is 15.0. The molecule has 2 fully saturated rings. The number of benzene rings is 1. The molecule has 2 aliphatic heterocycles. The third-order valence-corrected chi connectivity index (χ3v) is 9.87. The molecule has 3 atom stereocenters. The van der Waals surface area contributed by atoms with Gasteiger partial charge in [0.25, 0.3) is 0 Å². The molecule has 2 aliphatic rings. The molecule has 5 rings (SSSR count). The third kappa shape index (κ3) is 5.49. The van der Waals surface area contributed by atoms with Crippen molar-refractivity contribution >= 4 is 28.6 Å². The van der Waals surface area contributed by atoms with Gasteiger partial charge in [0.05, 0.1) is 35.5 Å². The molecular weight excluding hydrogens is 599 g/mol. The zero-order valence-electron chi connectivity index (χ0n) is 25.7. The van der Waals surface area contributed by atoms with Crippen molar-refractivity contribution in [1.82, 2.24) is 24.3 Å². The van der Waals surface area contributed by atoms with Crippen LogP contribution in [0.4, 0.5) is 18.0 Å². The maximum absolute atomic E-state index is 13.2. The van der Waals surface area contributed by atoms with Gasteiger partial charge in [0.2, 0.25) is 5.88 Å². The normalized spacial score (nSPS) is 21.8. The number of carbonyl (C=O) groups is 1. The van der Waals surface area contributed by atoms with Crippen LogP contribution in [0, 0.1) is 24.2 Å². The van der Waals surface area contributed by atoms with E-state index in [1.807, 2.05) is 39.6 Å². The predicted molar refractivity (Wildman–Crippen MR) is 160 cm³/mol. The average molecular weight is 638 g/mol. The number of ether oxygens (including phenoxy) is 1. The van der Waals surface area contributed by atoms with Crippen LogP contribution in [0.25, 0.3) is 10.9 Å². The van der Waals surface area contributed by atoms with Crippen molar-refractivity contribution in [2.75, 3.05) is 26.7 Å². The second-order valence-corrected chi connectivity index (χ2v) is 13.5. The molecule has 2 N–H and O–H groups in total. The maximum Gasteiger partial charge on any atom is 0.407 e. The van der Waals surface area contributed by atoms with E-state index >= 15 is 0 Å². The first-order chi connectivity index (χ1) is 20.5. The SMILES string of the molecule is COc1nc2ccc(C(O)(c3cnc(C)n3C)C3CN(C(=O)O)C3C(C)(C)C)cc2c(Cl)c1CN1CCC(C(F)(F)F)CC1. The summed E-state index contributed by atoms with van der Waals surface area (Å²) in [6, 6.07) is 4.77. The van der Waals surface area contributed by atoms with E-state index in [0.717, 1.165) is 0 Å². The van der Waals surface area contributed by atoms with E-state index < -0.39 is 41.2 Å². The average Bonchev–Trinajstić information content (AvgIpc) is 3.26. The molecule has 9 nitrogen and oxygen atoms in total. The first-order valence-electron chi connectivity index (χ1n) is 14.6. The number of imidazole rings is 1. The van der Waals surface area contributed by atoms with Crippen LogP contribution < -0.4 is 4.74 Å². The van der Waals surface area contributed by atoms with Crippen LogP contribution in [0.15, 0.2) is 24.4 Å². The summed E-state index contributed by atoms with van der Waals surface area (Å²) in [6.45, 7) is 8.57. The van der Waals surface area contributed by atoms with Crippen molar-refractivity contribution in [1.29, 1.82) is 0 Å². The van der Waals surface area contributed by atoms with E-state index in [9.17, 15) is 28.2 Å². The Balaban J connectivity index is 1.60. The maximum atomic E-state index is 13.2. The van der Waals surface area contributed by atoms with Crippen LogP contribution in [-0.2, 0) is 19.2 Å². The lowest BCUT2D eigenvalue weighted by Crippen LogP contribution is -2.69. The number of hydrogen-bond donors (Lipinski definition) is 2. The number of halogens is 4. The van der Waals surface area contributed by atoms with Crippen LogP contribution in [0.3, 0.4) is 0 Å². The summed E-state index contributed by atoms with van der Waals surface area (Å²) < 4.78 is 47.1. The van der Waals surface area contributed by atoms with Crippen molar-refractivity contribution < 1.29 is 32.9 Å². The summed E-state index contributed by atoms with van der Waals surface area (Å²) >= 11 is 7.03. The van der Waals surface area contributed by atoms with Gasteiger partial charge in [-0.25, -0.2) is 14.8 Å². The molecule has 4 heterocycles. The third-order valence-electron chi connectivity index (χ3n) is 9.43. The highest BCUT2D eigenvalue weighted by Gasteiger charge is 2.59. The fraction of sp³-hybridized carbons (Fsp3) is 0.581. The molecular formula is C31H39ClF3N5O4. The van der Waals surface area contributed by atoms with Gasteiger partial charge in [0, 0.05) is 43.0 Å². The fourth-order valence-corrected chi connectivity index (χ4v) is 7.26. The summed E-state index contributed by atoms with van der Waals surface area (Å²) in [5.74, 6) is -0.857. The molecule has 2 aromatic heterocycles. The quantitative estimate of drug-likeness (QED) is 0.343. The van der Waals surface area contributed by atoms with Crippen molar-refractivity contribution in [3.05, 3.63) is 52.1 Å². The Morgan fingerprint density at radius 3 is 2.36 bits per heavy atom. The van der Waals surface area contributed by atoms with Gasteiger partial charge < -0.3 is 24.4 Å². The van der Waals surface area contributed by atoms with Crippen LogP contribution in [0.2, 0.25) is 5.02 Å². The molecule has 0 radical (unpaired) electrons. The number of piperidine rings is 1. The number of fused-ring (bicyclic) bond motifs is 1. The van der Waals surface area contributed by atoms with Gasteiger partial charge in [-0.1, -0.05) is 38.4 Å². The minimum absolute atomic E-state index is 0.00936. The molecule has 0 bridgehead atoms. The van der Waals surface area contributed by atoms with Crippen molar-refractivity contribution in [2.24, 2.45) is 24.3 Å². The second kappa shape index (κ2) is 11.4. The van der Waals surface area contributed by atoms with E-state index in [0.29, 0.717) is 38.6 Å². The van der Waals surface area contributed by atoms with Gasteiger partial charge in [0.15, 0.2) is 0 Å². The van der Waals surface area contributed by atoms with Crippen LogP contribution >= 0.6 is 11.6 Å². The molecule has 0 aliphatic carbocycles. The number of amides is 1. The Bertz CT molecular complexity index is 1560. The van der Waals surface area contributed by atoms with Gasteiger partial charge in [-0.3, -0.25) is 4.90 Å². The highest BCUT2D eigenvalue weighted by Crippen LogP contribution is 2.51. The highest BCUT2D eigenvalue weighted by molar-refractivity contribution is 6.36. The van der Waals surface area contributed by atoms with E-state index in [2.05, 4.69) is 9.97 Å². The molecule has 13 heteroatoms. The van der Waals surface area contributed by atoms with Crippen LogP contribution in [0.5, 0.6) is 5.88 Å². The minimum atomic E-state index is -4.21. The number of carboxylic acid groups (broad SMARTS) is 1. The summed E-state index contributed by atoms with van der Waals surface area (Å²) in [5, 5.41) is 23.6. The lowest BCUT2D eigenvalue weighted by molar-refractivity contribution is -0.185. The molecule has 2 saturated heterocycles. The lowest BCUT2D eigenvalue weighted by atomic mass is 9.62. The monoisotopic (exact) mass is 637 g/mol. The van der Waals surface area contributed by atoms with E-state index in [4.69, 9.17) is 16.3 Å². The smallest absolute Gasteiger partial charge is 0.407 e. The minimum Gasteiger partial charge on any atom is -0.481 e. The Morgan fingerprint density at radius 1 is 1.18 bits per heavy atom. The number of rotatable bonds is 6. The van der Waals surface area contributed by atoms with Gasteiger partial charge in [-0.05, 0) is 56.0 Å². The Morgan fingerprint density at radius 2 is 1.84 bits per heavy atom. The van der Waals surface area contributed by atoms with Crippen LogP contribution in [0.1, 0.15) is 56.3 Å². The number of aromatic nitrogens is 3. The van der Waals surface area contributed by atoms with E-state index in [1.54, 1.807) is 29.0 Å². The lowest BCUT2D eigenvalue weighted by Gasteiger charge is -2.58. The summed E-state index contributed by atoms with van der Waals surface area (Å²) in [7, 11) is 3.28. The zero-order chi connectivity index (χ0) is 32.4. The molecule has 1 amide bonds. The van der Waals surface area contributed by atoms with Gasteiger partial charge in [-0.15, -0.1) is 0 Å². The van der Waals surface area contributed by atoms with Gasteiger partial charge in [0.1, 0.15) is 11.4 Å². The first kappa shape index (κ1) is 32.3. The number of alkyl halides is 3. The molecule has 3 unspecified atom stereocenters. The van der Waals surface area contributed by atoms with Crippen LogP contribution in [-0.4, -0.2) is 79.6 Å². The van der Waals surface area contributed by atoms with E-state index in [1.165, 1.54) is 12.0 Å². The Hall–Kier alpha value is -3.09. The zero-order valence-corrected chi connectivity index (χ0v) is 26.5. The Labute approximate surface area is 259 Å². The molecule has 240 valence electrons.